The molecule has 164 valence electrons. The van der Waals surface area contributed by atoms with Crippen LogP contribution >= 0.6 is 11.8 Å². The molecule has 30 heavy (non-hydrogen) atoms. The van der Waals surface area contributed by atoms with Crippen molar-refractivity contribution in [3.8, 4) is 5.75 Å². The highest BCUT2D eigenvalue weighted by atomic mass is 32.2. The van der Waals surface area contributed by atoms with E-state index in [2.05, 4.69) is 29.4 Å². The molecule has 2 aromatic rings. The van der Waals surface area contributed by atoms with Crippen molar-refractivity contribution in [3.05, 3.63) is 35.9 Å². The van der Waals surface area contributed by atoms with Gasteiger partial charge in [-0.15, -0.1) is 10.2 Å². The number of carbonyl (C=O) groups excluding carboxylic acids is 1. The summed E-state index contributed by atoms with van der Waals surface area (Å²) in [5.41, 5.74) is 0. The highest BCUT2D eigenvalue weighted by Crippen LogP contribution is 2.29. The monoisotopic (exact) mass is 434 g/mol. The molecule has 2 unspecified atom stereocenters. The second kappa shape index (κ2) is 10.3. The standard InChI is InChI=1S/C22H31FN4O2S/c1-14(2)13-27-20(15(3)29-19-12-8-7-11-18(19)23)25-26-22(27)30-16(4)21(28)24-17-9-5-6-10-17/h7-8,11-12,14-17H,5-6,9-10,13H2,1-4H3,(H,24,28). The Hall–Kier alpha value is -2.09. The van der Waals surface area contributed by atoms with Gasteiger partial charge in [0, 0.05) is 12.6 Å². The second-order valence-electron chi connectivity index (χ2n) is 8.29. The van der Waals surface area contributed by atoms with Gasteiger partial charge in [-0.05, 0) is 44.7 Å². The zero-order chi connectivity index (χ0) is 21.7. The van der Waals surface area contributed by atoms with Crippen molar-refractivity contribution in [3.63, 3.8) is 0 Å². The number of halogens is 1. The van der Waals surface area contributed by atoms with E-state index in [1.165, 1.54) is 30.7 Å². The molecule has 1 heterocycles. The van der Waals surface area contributed by atoms with Crippen LogP contribution in [0.1, 0.15) is 65.3 Å². The lowest BCUT2D eigenvalue weighted by Crippen LogP contribution is -2.37. The average Bonchev–Trinajstić information content (AvgIpc) is 3.33. The molecule has 1 aliphatic carbocycles. The fraction of sp³-hybridized carbons (Fsp3) is 0.591. The van der Waals surface area contributed by atoms with Gasteiger partial charge in [-0.1, -0.05) is 50.6 Å². The first-order valence-corrected chi connectivity index (χ1v) is 11.5. The number of benzene rings is 1. The quantitative estimate of drug-likeness (QED) is 0.577. The van der Waals surface area contributed by atoms with Crippen LogP contribution in [-0.4, -0.2) is 32.0 Å². The maximum absolute atomic E-state index is 14.0. The third kappa shape index (κ3) is 5.74. The molecule has 1 fully saturated rings. The molecule has 0 spiro atoms. The zero-order valence-corrected chi connectivity index (χ0v) is 18.9. The molecule has 1 aromatic heterocycles. The first kappa shape index (κ1) is 22.6. The number of rotatable bonds is 9. The Bertz CT molecular complexity index is 851. The number of hydrogen-bond acceptors (Lipinski definition) is 5. The molecule has 8 heteroatoms. The SMILES string of the molecule is CC(C)Cn1c(SC(C)C(=O)NC2CCCC2)nnc1C(C)Oc1ccccc1F. The van der Waals surface area contributed by atoms with E-state index in [1.807, 2.05) is 18.4 Å². The molecule has 0 bridgehead atoms. The predicted molar refractivity (Wildman–Crippen MR) is 116 cm³/mol. The third-order valence-electron chi connectivity index (χ3n) is 5.15. The summed E-state index contributed by atoms with van der Waals surface area (Å²) in [5, 5.41) is 12.2. The summed E-state index contributed by atoms with van der Waals surface area (Å²) in [4.78, 5) is 12.6. The maximum Gasteiger partial charge on any atom is 0.233 e. The van der Waals surface area contributed by atoms with Gasteiger partial charge in [0.05, 0.1) is 5.25 Å². The lowest BCUT2D eigenvalue weighted by Gasteiger charge is -2.19. The van der Waals surface area contributed by atoms with Crippen LogP contribution < -0.4 is 10.1 Å². The number of para-hydroxylation sites is 1. The number of nitrogens with one attached hydrogen (secondary N) is 1. The van der Waals surface area contributed by atoms with E-state index in [1.54, 1.807) is 18.2 Å². The molecular formula is C22H31FN4O2S. The third-order valence-corrected chi connectivity index (χ3v) is 6.23. The van der Waals surface area contributed by atoms with Gasteiger partial charge < -0.3 is 14.6 Å². The summed E-state index contributed by atoms with van der Waals surface area (Å²) in [7, 11) is 0. The van der Waals surface area contributed by atoms with Crippen LogP contribution in [0.2, 0.25) is 0 Å². The molecular weight excluding hydrogens is 403 g/mol. The molecule has 0 saturated heterocycles. The number of thioether (sulfide) groups is 1. The Kier molecular flexibility index (Phi) is 7.75. The van der Waals surface area contributed by atoms with Crippen LogP contribution in [0.25, 0.3) is 0 Å². The predicted octanol–water partition coefficient (Wildman–Crippen LogP) is 4.75. The van der Waals surface area contributed by atoms with E-state index in [-0.39, 0.29) is 16.9 Å². The van der Waals surface area contributed by atoms with Gasteiger partial charge in [0.1, 0.15) is 0 Å². The molecule has 3 rings (SSSR count). The Morgan fingerprint density at radius 3 is 2.60 bits per heavy atom. The molecule has 1 amide bonds. The molecule has 2 atom stereocenters. The van der Waals surface area contributed by atoms with E-state index in [9.17, 15) is 9.18 Å². The number of hydrogen-bond donors (Lipinski definition) is 1. The van der Waals surface area contributed by atoms with E-state index >= 15 is 0 Å². The first-order chi connectivity index (χ1) is 14.3. The number of ether oxygens (including phenoxy) is 1. The molecule has 6 nitrogen and oxygen atoms in total. The summed E-state index contributed by atoms with van der Waals surface area (Å²) >= 11 is 1.40. The van der Waals surface area contributed by atoms with Gasteiger partial charge in [-0.3, -0.25) is 4.79 Å². The number of amides is 1. The summed E-state index contributed by atoms with van der Waals surface area (Å²) in [5.74, 6) is 0.775. The van der Waals surface area contributed by atoms with Crippen molar-refractivity contribution in [2.45, 2.75) is 82.5 Å². The molecule has 0 aliphatic heterocycles. The Morgan fingerprint density at radius 2 is 1.93 bits per heavy atom. The highest BCUT2D eigenvalue weighted by Gasteiger charge is 2.26. The fourth-order valence-corrected chi connectivity index (χ4v) is 4.48. The first-order valence-electron chi connectivity index (χ1n) is 10.7. The van der Waals surface area contributed by atoms with E-state index in [0.29, 0.717) is 29.5 Å². The second-order valence-corrected chi connectivity index (χ2v) is 9.59. The van der Waals surface area contributed by atoms with Crippen molar-refractivity contribution < 1.29 is 13.9 Å². The smallest absolute Gasteiger partial charge is 0.233 e. The van der Waals surface area contributed by atoms with Crippen molar-refractivity contribution in [1.82, 2.24) is 20.1 Å². The summed E-state index contributed by atoms with van der Waals surface area (Å²) in [6.07, 6.45) is 3.99. The minimum Gasteiger partial charge on any atom is -0.480 e. The normalized spacial score (nSPS) is 16.6. The summed E-state index contributed by atoms with van der Waals surface area (Å²) < 4.78 is 21.8. The lowest BCUT2D eigenvalue weighted by atomic mass is 10.2. The maximum atomic E-state index is 14.0. The highest BCUT2D eigenvalue weighted by molar-refractivity contribution is 8.00. The topological polar surface area (TPSA) is 69.0 Å². The Morgan fingerprint density at radius 1 is 1.23 bits per heavy atom. The minimum atomic E-state index is -0.481. The van der Waals surface area contributed by atoms with Gasteiger partial charge in [-0.25, -0.2) is 4.39 Å². The number of carbonyl (C=O) groups is 1. The van der Waals surface area contributed by atoms with Crippen LogP contribution in [0.3, 0.4) is 0 Å². The van der Waals surface area contributed by atoms with E-state index in [0.717, 1.165) is 12.8 Å². The summed E-state index contributed by atoms with van der Waals surface area (Å²) in [6, 6.07) is 6.61. The Balaban J connectivity index is 1.73. The van der Waals surface area contributed by atoms with Crippen molar-refractivity contribution >= 4 is 17.7 Å². The van der Waals surface area contributed by atoms with Crippen LogP contribution in [0.4, 0.5) is 4.39 Å². The van der Waals surface area contributed by atoms with E-state index < -0.39 is 11.9 Å². The fourth-order valence-electron chi connectivity index (χ4n) is 3.61. The average molecular weight is 435 g/mol. The van der Waals surface area contributed by atoms with Crippen molar-refractivity contribution in [2.75, 3.05) is 0 Å². The lowest BCUT2D eigenvalue weighted by molar-refractivity contribution is -0.120. The van der Waals surface area contributed by atoms with Crippen molar-refractivity contribution in [1.29, 1.82) is 0 Å². The van der Waals surface area contributed by atoms with Gasteiger partial charge in [-0.2, -0.15) is 0 Å². The van der Waals surface area contributed by atoms with Crippen LogP contribution in [0.15, 0.2) is 29.4 Å². The molecule has 1 aliphatic rings. The summed E-state index contributed by atoms with van der Waals surface area (Å²) in [6.45, 7) is 8.63. The molecule has 1 aromatic carbocycles. The number of aromatic nitrogens is 3. The van der Waals surface area contributed by atoms with Crippen LogP contribution in [0.5, 0.6) is 5.75 Å². The van der Waals surface area contributed by atoms with Gasteiger partial charge in [0.25, 0.3) is 0 Å². The molecule has 1 N–H and O–H groups in total. The van der Waals surface area contributed by atoms with Crippen LogP contribution in [-0.2, 0) is 11.3 Å². The zero-order valence-electron chi connectivity index (χ0n) is 18.1. The molecule has 0 radical (unpaired) electrons. The molecule has 1 saturated carbocycles. The Labute approximate surface area is 182 Å². The van der Waals surface area contributed by atoms with Gasteiger partial charge in [0.15, 0.2) is 28.7 Å². The van der Waals surface area contributed by atoms with Gasteiger partial charge in [0.2, 0.25) is 5.91 Å². The largest absolute Gasteiger partial charge is 0.480 e. The minimum absolute atomic E-state index is 0.0307. The van der Waals surface area contributed by atoms with Crippen molar-refractivity contribution in [2.24, 2.45) is 5.92 Å². The van der Waals surface area contributed by atoms with Gasteiger partial charge >= 0.3 is 0 Å². The van der Waals surface area contributed by atoms with Crippen LogP contribution in [0, 0.1) is 11.7 Å². The number of nitrogens with zero attached hydrogens (tertiary/aromatic N) is 3. The van der Waals surface area contributed by atoms with E-state index in [4.69, 9.17) is 4.74 Å².